The summed E-state index contributed by atoms with van der Waals surface area (Å²) in [5, 5.41) is 3.25. The van der Waals surface area contributed by atoms with Crippen LogP contribution in [0.4, 0.5) is 0 Å². The molecule has 2 aliphatic rings. The highest BCUT2D eigenvalue weighted by molar-refractivity contribution is 6.74. The fourth-order valence-corrected chi connectivity index (χ4v) is 3.72. The van der Waals surface area contributed by atoms with Crippen molar-refractivity contribution in [2.45, 2.75) is 63.4 Å². The molecule has 0 radical (unpaired) electrons. The van der Waals surface area contributed by atoms with Crippen LogP contribution in [0, 0.1) is 0 Å². The van der Waals surface area contributed by atoms with Gasteiger partial charge in [0.1, 0.15) is 12.7 Å². The van der Waals surface area contributed by atoms with E-state index in [4.69, 9.17) is 13.9 Å². The molecular formula is C20H29NO4Si. The highest BCUT2D eigenvalue weighted by Crippen LogP contribution is 2.39. The van der Waals surface area contributed by atoms with Gasteiger partial charge in [-0.25, -0.2) is 4.79 Å². The summed E-state index contributed by atoms with van der Waals surface area (Å²) in [7, 11) is -1.94. The standard InChI is InChI=1S/C20H29NO4Si/c1-19(2,3)26(4,5)25-17-12-11-16(24-17)20(14-21-20)18(22)23-13-15-9-7-6-8-10-15/h6-12,16-17,21H,13-14H2,1-5H3/t16-,17-,20-/m0/s1. The average molecular weight is 376 g/mol. The second kappa shape index (κ2) is 6.92. The average Bonchev–Trinajstić information content (AvgIpc) is 3.26. The third-order valence-corrected chi connectivity index (χ3v) is 10.00. The molecule has 3 rings (SSSR count). The topological polar surface area (TPSA) is 66.7 Å². The number of hydrogen-bond donors (Lipinski definition) is 1. The molecule has 1 aromatic rings. The molecule has 0 unspecified atom stereocenters. The van der Waals surface area contributed by atoms with Crippen molar-refractivity contribution in [1.82, 2.24) is 5.32 Å². The van der Waals surface area contributed by atoms with Crippen LogP contribution < -0.4 is 5.32 Å². The normalized spacial score (nSPS) is 28.2. The number of ether oxygens (including phenoxy) is 2. The lowest BCUT2D eigenvalue weighted by Crippen LogP contribution is -2.46. The Labute approximate surface area is 156 Å². The molecule has 2 aliphatic heterocycles. The zero-order chi connectivity index (χ0) is 19.0. The maximum atomic E-state index is 12.6. The molecule has 0 bridgehead atoms. The van der Waals surface area contributed by atoms with Crippen molar-refractivity contribution >= 4 is 14.3 Å². The largest absolute Gasteiger partial charge is 0.459 e. The van der Waals surface area contributed by atoms with Gasteiger partial charge in [0.15, 0.2) is 20.1 Å². The van der Waals surface area contributed by atoms with E-state index in [1.807, 2.05) is 42.5 Å². The predicted octanol–water partition coefficient (Wildman–Crippen LogP) is 3.37. The SMILES string of the molecule is CC(C)(C)[Si](C)(C)O[C@H]1C=C[C@@H]([C@]2(C(=O)OCc3ccccc3)CN2)O1. The summed E-state index contributed by atoms with van der Waals surface area (Å²) in [6.07, 6.45) is 3.07. The Balaban J connectivity index is 1.56. The first-order valence-electron chi connectivity index (χ1n) is 9.12. The van der Waals surface area contributed by atoms with Crippen LogP contribution in [0.15, 0.2) is 42.5 Å². The molecule has 3 atom stereocenters. The van der Waals surface area contributed by atoms with E-state index >= 15 is 0 Å². The van der Waals surface area contributed by atoms with Crippen molar-refractivity contribution < 1.29 is 18.7 Å². The Hall–Kier alpha value is -1.47. The fourth-order valence-electron chi connectivity index (χ4n) is 2.65. The quantitative estimate of drug-likeness (QED) is 0.357. The molecule has 0 aliphatic carbocycles. The zero-order valence-electron chi connectivity index (χ0n) is 16.2. The lowest BCUT2D eigenvalue weighted by molar-refractivity contribution is -0.154. The number of nitrogens with one attached hydrogen (secondary N) is 1. The van der Waals surface area contributed by atoms with Crippen LogP contribution in [0.5, 0.6) is 0 Å². The van der Waals surface area contributed by atoms with Crippen LogP contribution in [-0.4, -0.2) is 38.8 Å². The van der Waals surface area contributed by atoms with E-state index in [9.17, 15) is 4.79 Å². The van der Waals surface area contributed by atoms with Gasteiger partial charge in [-0.3, -0.25) is 5.32 Å². The highest BCUT2D eigenvalue weighted by atomic mass is 28.4. The van der Waals surface area contributed by atoms with Crippen LogP contribution in [0.2, 0.25) is 18.1 Å². The van der Waals surface area contributed by atoms with Crippen LogP contribution in [0.3, 0.4) is 0 Å². The van der Waals surface area contributed by atoms with Gasteiger partial charge in [-0.15, -0.1) is 0 Å². The number of hydrogen-bond acceptors (Lipinski definition) is 5. The first-order chi connectivity index (χ1) is 12.1. The molecule has 1 N–H and O–H groups in total. The number of esters is 1. The third kappa shape index (κ3) is 3.93. The molecule has 142 valence electrons. The molecular weight excluding hydrogens is 346 g/mol. The Morgan fingerprint density at radius 1 is 1.27 bits per heavy atom. The molecule has 0 aromatic heterocycles. The fraction of sp³-hybridized carbons (Fsp3) is 0.550. The molecule has 0 amide bonds. The van der Waals surface area contributed by atoms with Gasteiger partial charge < -0.3 is 13.9 Å². The van der Waals surface area contributed by atoms with E-state index in [0.717, 1.165) is 5.56 Å². The molecule has 1 fully saturated rings. The summed E-state index contributed by atoms with van der Waals surface area (Å²) in [5.41, 5.74) is 0.190. The van der Waals surface area contributed by atoms with E-state index in [2.05, 4.69) is 39.2 Å². The van der Waals surface area contributed by atoms with Crippen LogP contribution in [0.1, 0.15) is 26.3 Å². The minimum atomic E-state index is -1.94. The Morgan fingerprint density at radius 3 is 2.50 bits per heavy atom. The number of rotatable bonds is 6. The van der Waals surface area contributed by atoms with Crippen molar-refractivity contribution in [1.29, 1.82) is 0 Å². The van der Waals surface area contributed by atoms with Crippen molar-refractivity contribution in [3.63, 3.8) is 0 Å². The van der Waals surface area contributed by atoms with Gasteiger partial charge in [0, 0.05) is 6.54 Å². The van der Waals surface area contributed by atoms with Crippen molar-refractivity contribution in [2.75, 3.05) is 6.54 Å². The molecule has 6 heteroatoms. The minimum Gasteiger partial charge on any atom is -0.459 e. The predicted molar refractivity (Wildman–Crippen MR) is 103 cm³/mol. The van der Waals surface area contributed by atoms with Crippen molar-refractivity contribution in [3.05, 3.63) is 48.0 Å². The third-order valence-electron chi connectivity index (χ3n) is 5.56. The van der Waals surface area contributed by atoms with Gasteiger partial charge in [0.25, 0.3) is 0 Å². The lowest BCUT2D eigenvalue weighted by atomic mass is 10.0. The van der Waals surface area contributed by atoms with E-state index in [1.54, 1.807) is 0 Å². The summed E-state index contributed by atoms with van der Waals surface area (Å²) in [6, 6.07) is 9.68. The van der Waals surface area contributed by atoms with Gasteiger partial charge in [-0.1, -0.05) is 57.2 Å². The number of benzene rings is 1. The van der Waals surface area contributed by atoms with E-state index < -0.39 is 20.1 Å². The molecule has 5 nitrogen and oxygen atoms in total. The Kier molecular flexibility index (Phi) is 5.14. The monoisotopic (exact) mass is 375 g/mol. The van der Waals surface area contributed by atoms with Crippen molar-refractivity contribution in [2.24, 2.45) is 0 Å². The maximum absolute atomic E-state index is 12.6. The molecule has 2 heterocycles. The minimum absolute atomic E-state index is 0.104. The summed E-state index contributed by atoms with van der Waals surface area (Å²) in [4.78, 5) is 12.6. The molecule has 1 aromatic carbocycles. The van der Waals surface area contributed by atoms with Gasteiger partial charge >= 0.3 is 5.97 Å². The summed E-state index contributed by atoms with van der Waals surface area (Å²) < 4.78 is 17.8. The summed E-state index contributed by atoms with van der Waals surface area (Å²) >= 11 is 0. The van der Waals surface area contributed by atoms with Crippen LogP contribution in [0.25, 0.3) is 0 Å². The van der Waals surface area contributed by atoms with E-state index in [-0.39, 0.29) is 23.7 Å². The van der Waals surface area contributed by atoms with Gasteiger partial charge in [0.05, 0.1) is 0 Å². The Morgan fingerprint density at radius 2 is 1.92 bits per heavy atom. The van der Waals surface area contributed by atoms with Crippen LogP contribution >= 0.6 is 0 Å². The Bertz CT molecular complexity index is 677. The van der Waals surface area contributed by atoms with E-state index in [0.29, 0.717) is 6.54 Å². The first-order valence-corrected chi connectivity index (χ1v) is 12.0. The highest BCUT2D eigenvalue weighted by Gasteiger charge is 2.59. The van der Waals surface area contributed by atoms with Crippen LogP contribution in [-0.2, 0) is 25.3 Å². The van der Waals surface area contributed by atoms with Crippen molar-refractivity contribution in [3.8, 4) is 0 Å². The second-order valence-corrected chi connectivity index (χ2v) is 13.3. The molecule has 1 saturated heterocycles. The van der Waals surface area contributed by atoms with Gasteiger partial charge in [0.2, 0.25) is 0 Å². The molecule has 26 heavy (non-hydrogen) atoms. The van der Waals surface area contributed by atoms with E-state index in [1.165, 1.54) is 0 Å². The number of carbonyl (C=O) groups excluding carboxylic acids is 1. The smallest absolute Gasteiger partial charge is 0.331 e. The lowest BCUT2D eigenvalue weighted by Gasteiger charge is -2.38. The number of carbonyl (C=O) groups is 1. The zero-order valence-corrected chi connectivity index (χ0v) is 17.2. The molecule has 0 saturated carbocycles. The summed E-state index contributed by atoms with van der Waals surface area (Å²) in [6.45, 7) is 11.8. The van der Waals surface area contributed by atoms with Gasteiger partial charge in [-0.2, -0.15) is 0 Å². The summed E-state index contributed by atoms with van der Waals surface area (Å²) in [5.74, 6) is -0.274. The maximum Gasteiger partial charge on any atom is 0.331 e. The first kappa shape index (κ1) is 19.3. The molecule has 0 spiro atoms. The van der Waals surface area contributed by atoms with Gasteiger partial charge in [-0.05, 0) is 29.8 Å². The second-order valence-electron chi connectivity index (χ2n) is 8.57.